The van der Waals surface area contributed by atoms with Crippen molar-refractivity contribution in [1.82, 2.24) is 0 Å². The fourth-order valence-electron chi connectivity index (χ4n) is 1.08. The third-order valence-corrected chi connectivity index (χ3v) is 1.77. The Hall–Kier alpha value is -1.63. The van der Waals surface area contributed by atoms with E-state index < -0.39 is 0 Å². The van der Waals surface area contributed by atoms with Crippen molar-refractivity contribution in [2.24, 2.45) is 0 Å². The molecule has 0 bridgehead atoms. The Balaban J connectivity index is 3.26. The topological polar surface area (TPSA) is 17.1 Å². The van der Waals surface area contributed by atoms with Gasteiger partial charge in [0.2, 0.25) is 0 Å². The van der Waals surface area contributed by atoms with Crippen molar-refractivity contribution in [1.29, 1.82) is 0 Å². The maximum Gasteiger partial charge on any atom is 0.185 e. The van der Waals surface area contributed by atoms with Crippen LogP contribution in [0.2, 0.25) is 0 Å². The zero-order chi connectivity index (χ0) is 9.14. The first-order valence-electron chi connectivity index (χ1n) is 3.61. The van der Waals surface area contributed by atoms with Gasteiger partial charge < -0.3 is 0 Å². The lowest BCUT2D eigenvalue weighted by molar-refractivity contribution is -0.111. The molecule has 1 rings (SSSR count). The summed E-state index contributed by atoms with van der Waals surface area (Å²) in [6.45, 7) is 10.9. The van der Waals surface area contributed by atoms with Crippen LogP contribution in [0.5, 0.6) is 0 Å². The molecule has 0 aromatic carbocycles. The summed E-state index contributed by atoms with van der Waals surface area (Å²) in [5.41, 5.74) is 2.16. The summed E-state index contributed by atoms with van der Waals surface area (Å²) in [5.74, 6) is -0.0597. The Morgan fingerprint density at radius 3 is 2.33 bits per heavy atom. The molecule has 1 nitrogen and oxygen atoms in total. The maximum absolute atomic E-state index is 11.1. The van der Waals surface area contributed by atoms with Crippen molar-refractivity contribution in [3.05, 3.63) is 60.8 Å². The summed E-state index contributed by atoms with van der Waals surface area (Å²) in [4.78, 5) is 11.1. The Labute approximate surface area is 72.1 Å². The molecule has 1 aliphatic carbocycles. The Kier molecular flexibility index (Phi) is 2.24. The maximum atomic E-state index is 11.1. The van der Waals surface area contributed by atoms with Gasteiger partial charge in [0.1, 0.15) is 0 Å². The minimum atomic E-state index is -0.0597. The third kappa shape index (κ3) is 1.21. The molecule has 0 spiro atoms. The summed E-state index contributed by atoms with van der Waals surface area (Å²) in [6.07, 6.45) is 6.53. The molecule has 0 heterocycles. The van der Waals surface area contributed by atoms with E-state index >= 15 is 0 Å². The average Bonchev–Trinajstić information content (AvgIpc) is 2.09. The minimum Gasteiger partial charge on any atom is -0.289 e. The normalized spacial score (nSPS) is 16.7. The molecule has 0 aliphatic heterocycles. The van der Waals surface area contributed by atoms with Crippen molar-refractivity contribution in [2.45, 2.75) is 0 Å². The number of carbonyl (C=O) groups is 1. The van der Waals surface area contributed by atoms with Gasteiger partial charge in [0.25, 0.3) is 0 Å². The monoisotopic (exact) mass is 158 g/mol. The van der Waals surface area contributed by atoms with Crippen LogP contribution in [0, 0.1) is 0 Å². The molecule has 12 heavy (non-hydrogen) atoms. The highest BCUT2D eigenvalue weighted by atomic mass is 16.1. The summed E-state index contributed by atoms with van der Waals surface area (Å²) in [7, 11) is 0. The first-order chi connectivity index (χ1) is 5.70. The van der Waals surface area contributed by atoms with Crippen LogP contribution in [0.1, 0.15) is 0 Å². The van der Waals surface area contributed by atoms with E-state index in [0.717, 1.165) is 11.1 Å². The van der Waals surface area contributed by atoms with Crippen molar-refractivity contribution in [2.75, 3.05) is 0 Å². The zero-order valence-corrected chi connectivity index (χ0v) is 6.84. The summed E-state index contributed by atoms with van der Waals surface area (Å²) >= 11 is 0. The fraction of sp³-hybridized carbons (Fsp3) is 0. The molecule has 0 unspecified atom stereocenters. The Morgan fingerprint density at radius 2 is 1.83 bits per heavy atom. The number of rotatable bonds is 2. The van der Waals surface area contributed by atoms with E-state index in [9.17, 15) is 4.79 Å². The predicted octanol–water partition coefficient (Wildman–Crippen LogP) is 2.35. The van der Waals surface area contributed by atoms with Gasteiger partial charge in [-0.05, 0) is 17.2 Å². The second-order valence-electron chi connectivity index (χ2n) is 2.45. The number of hydrogen-bond acceptors (Lipinski definition) is 1. The minimum absolute atomic E-state index is 0.0597. The Bertz CT molecular complexity index is 327. The molecule has 0 saturated heterocycles. The molecule has 0 radical (unpaired) electrons. The van der Waals surface area contributed by atoms with E-state index in [1.165, 1.54) is 6.08 Å². The molecule has 0 amide bonds. The van der Waals surface area contributed by atoms with Gasteiger partial charge in [-0.15, -0.1) is 0 Å². The van der Waals surface area contributed by atoms with Gasteiger partial charge in [-0.25, -0.2) is 0 Å². The van der Waals surface area contributed by atoms with Crippen LogP contribution >= 0.6 is 0 Å². The van der Waals surface area contributed by atoms with E-state index in [1.807, 2.05) is 0 Å². The summed E-state index contributed by atoms with van der Waals surface area (Å²) in [5, 5.41) is 0. The SMILES string of the molecule is C=CC1=C(C=C)C(=C)C(=O)C=C1. The highest BCUT2D eigenvalue weighted by molar-refractivity contribution is 6.09. The van der Waals surface area contributed by atoms with Crippen LogP contribution in [0.15, 0.2) is 60.8 Å². The summed E-state index contributed by atoms with van der Waals surface area (Å²) in [6, 6.07) is 0. The molecule has 1 heteroatoms. The molecule has 0 fully saturated rings. The number of hydrogen-bond donors (Lipinski definition) is 0. The molecule has 0 N–H and O–H groups in total. The first kappa shape index (κ1) is 8.47. The lowest BCUT2D eigenvalue weighted by atomic mass is 9.93. The number of carbonyl (C=O) groups excluding carboxylic acids is 1. The van der Waals surface area contributed by atoms with Crippen LogP contribution in [0.3, 0.4) is 0 Å². The van der Waals surface area contributed by atoms with E-state index in [-0.39, 0.29) is 5.78 Å². The predicted molar refractivity (Wildman–Crippen MR) is 50.7 cm³/mol. The first-order valence-corrected chi connectivity index (χ1v) is 3.61. The smallest absolute Gasteiger partial charge is 0.185 e. The molecule has 0 aromatic rings. The molecule has 0 aromatic heterocycles. The highest BCUT2D eigenvalue weighted by Crippen LogP contribution is 2.22. The van der Waals surface area contributed by atoms with Crippen molar-refractivity contribution in [3.63, 3.8) is 0 Å². The zero-order valence-electron chi connectivity index (χ0n) is 6.84. The molecule has 60 valence electrons. The lowest BCUT2D eigenvalue weighted by Gasteiger charge is -2.10. The van der Waals surface area contributed by atoms with E-state index in [0.29, 0.717) is 5.57 Å². The Morgan fingerprint density at radius 1 is 1.17 bits per heavy atom. The summed E-state index contributed by atoms with van der Waals surface area (Å²) < 4.78 is 0. The quantitative estimate of drug-likeness (QED) is 0.564. The third-order valence-electron chi connectivity index (χ3n) is 1.77. The fourth-order valence-corrected chi connectivity index (χ4v) is 1.08. The molecule has 0 saturated carbocycles. The van der Waals surface area contributed by atoms with Crippen molar-refractivity contribution in [3.8, 4) is 0 Å². The van der Waals surface area contributed by atoms with Crippen LogP contribution in [-0.4, -0.2) is 5.78 Å². The van der Waals surface area contributed by atoms with Crippen molar-refractivity contribution < 1.29 is 4.79 Å². The largest absolute Gasteiger partial charge is 0.289 e. The number of ketones is 1. The van der Waals surface area contributed by atoms with Crippen LogP contribution in [-0.2, 0) is 4.79 Å². The van der Waals surface area contributed by atoms with E-state index in [2.05, 4.69) is 19.7 Å². The van der Waals surface area contributed by atoms with Crippen LogP contribution in [0.4, 0.5) is 0 Å². The van der Waals surface area contributed by atoms with Gasteiger partial charge in [-0.3, -0.25) is 4.79 Å². The van der Waals surface area contributed by atoms with Gasteiger partial charge in [0, 0.05) is 5.57 Å². The van der Waals surface area contributed by atoms with Crippen molar-refractivity contribution >= 4 is 5.78 Å². The number of allylic oxidation sites excluding steroid dienone is 7. The van der Waals surface area contributed by atoms with Gasteiger partial charge in [0.15, 0.2) is 5.78 Å². The second kappa shape index (κ2) is 3.18. The van der Waals surface area contributed by atoms with Gasteiger partial charge >= 0.3 is 0 Å². The molecule has 1 aliphatic rings. The lowest BCUT2D eigenvalue weighted by Crippen LogP contribution is -2.05. The van der Waals surface area contributed by atoms with Gasteiger partial charge in [0.05, 0.1) is 0 Å². The average molecular weight is 158 g/mol. The second-order valence-corrected chi connectivity index (χ2v) is 2.45. The highest BCUT2D eigenvalue weighted by Gasteiger charge is 2.13. The van der Waals surface area contributed by atoms with Gasteiger partial charge in [-0.2, -0.15) is 0 Å². The van der Waals surface area contributed by atoms with Gasteiger partial charge in [-0.1, -0.05) is 38.0 Å². The molecular weight excluding hydrogens is 148 g/mol. The molecular formula is C11H10O. The van der Waals surface area contributed by atoms with Crippen LogP contribution < -0.4 is 0 Å². The van der Waals surface area contributed by atoms with Crippen LogP contribution in [0.25, 0.3) is 0 Å². The van der Waals surface area contributed by atoms with E-state index in [1.54, 1.807) is 18.2 Å². The standard InChI is InChI=1S/C11H10O/c1-4-9-6-7-11(12)8(3)10(9)5-2/h4-7H,1-3H2. The van der Waals surface area contributed by atoms with E-state index in [4.69, 9.17) is 0 Å². The molecule has 0 atom stereocenters.